The van der Waals surface area contributed by atoms with E-state index in [1.807, 2.05) is 9.80 Å². The number of carbonyl (C=O) groups excluding carboxylic acids is 2. The maximum atomic E-state index is 12.8. The number of carbonyl (C=O) groups is 2. The van der Waals surface area contributed by atoms with Crippen LogP contribution in [0.25, 0.3) is 0 Å². The summed E-state index contributed by atoms with van der Waals surface area (Å²) < 4.78 is 0. The first-order valence-electron chi connectivity index (χ1n) is 7.74. The van der Waals surface area contributed by atoms with Gasteiger partial charge in [0.2, 0.25) is 5.91 Å². The van der Waals surface area contributed by atoms with Crippen molar-refractivity contribution < 1.29 is 9.59 Å². The average molecular weight is 315 g/mol. The number of urea groups is 1. The third kappa shape index (κ3) is 2.19. The summed E-state index contributed by atoms with van der Waals surface area (Å²) >= 11 is 0. The second-order valence-corrected chi connectivity index (χ2v) is 6.75. The van der Waals surface area contributed by atoms with Gasteiger partial charge in [0.15, 0.2) is 0 Å². The highest BCUT2D eigenvalue weighted by Gasteiger charge is 2.51. The van der Waals surface area contributed by atoms with Gasteiger partial charge < -0.3 is 20.9 Å². The normalized spacial score (nSPS) is 40.8. The lowest BCUT2D eigenvalue weighted by Gasteiger charge is -2.39. The van der Waals surface area contributed by atoms with Crippen LogP contribution >= 0.6 is 12.4 Å². The predicted molar refractivity (Wildman–Crippen MR) is 80.0 cm³/mol. The number of nitrogens with two attached hydrogens (primary N) is 1. The second kappa shape index (κ2) is 5.32. The van der Waals surface area contributed by atoms with Crippen molar-refractivity contribution in [2.75, 3.05) is 26.2 Å². The van der Waals surface area contributed by atoms with Crippen molar-refractivity contribution >= 4 is 24.3 Å². The maximum Gasteiger partial charge on any atom is 0.317 e. The highest BCUT2D eigenvalue weighted by atomic mass is 35.5. The molecule has 21 heavy (non-hydrogen) atoms. The van der Waals surface area contributed by atoms with E-state index in [-0.39, 0.29) is 42.3 Å². The molecule has 0 radical (unpaired) electrons. The van der Waals surface area contributed by atoms with Crippen LogP contribution in [0.15, 0.2) is 0 Å². The summed E-state index contributed by atoms with van der Waals surface area (Å²) in [7, 11) is 0. The molecule has 5 unspecified atom stereocenters. The van der Waals surface area contributed by atoms with Crippen molar-refractivity contribution in [3.8, 4) is 0 Å². The topological polar surface area (TPSA) is 78.7 Å². The standard InChI is InChI=1S/C14H22N4O2.ClH/c15-12-9-2-1-8(5-9)11(12)13(19)17-3-4-18-10(7-17)6-16-14(18)20;/h8-12H,1-7,15H2,(H,16,20);1H. The number of hydrogen-bond donors (Lipinski definition) is 2. The van der Waals surface area contributed by atoms with Crippen LogP contribution in [0.5, 0.6) is 0 Å². The fourth-order valence-electron chi connectivity index (χ4n) is 4.72. The van der Waals surface area contributed by atoms with Gasteiger partial charge in [0.25, 0.3) is 0 Å². The zero-order valence-electron chi connectivity index (χ0n) is 12.0. The van der Waals surface area contributed by atoms with Crippen LogP contribution in [0.1, 0.15) is 19.3 Å². The molecule has 4 fully saturated rings. The van der Waals surface area contributed by atoms with E-state index in [4.69, 9.17) is 5.73 Å². The van der Waals surface area contributed by atoms with Crippen LogP contribution in [-0.2, 0) is 4.79 Å². The number of nitrogens with one attached hydrogen (secondary N) is 1. The van der Waals surface area contributed by atoms with Gasteiger partial charge in [0, 0.05) is 32.2 Å². The molecule has 2 bridgehead atoms. The first-order chi connectivity index (χ1) is 9.65. The van der Waals surface area contributed by atoms with Crippen LogP contribution < -0.4 is 11.1 Å². The summed E-state index contributed by atoms with van der Waals surface area (Å²) in [6.45, 7) is 2.63. The van der Waals surface area contributed by atoms with E-state index in [1.165, 1.54) is 6.42 Å². The van der Waals surface area contributed by atoms with E-state index in [0.29, 0.717) is 38.0 Å². The van der Waals surface area contributed by atoms with Crippen LogP contribution in [0.4, 0.5) is 4.79 Å². The van der Waals surface area contributed by atoms with Gasteiger partial charge in [-0.25, -0.2) is 4.79 Å². The third-order valence-corrected chi connectivity index (χ3v) is 5.81. The predicted octanol–water partition coefficient (Wildman–Crippen LogP) is 0.0176. The quantitative estimate of drug-likeness (QED) is 0.716. The summed E-state index contributed by atoms with van der Waals surface area (Å²) in [5.41, 5.74) is 6.28. The van der Waals surface area contributed by atoms with Gasteiger partial charge in [-0.15, -0.1) is 12.4 Å². The SMILES string of the molecule is Cl.NC1C2CCC(C2)C1C(=O)N1CCN2C(=O)NCC2C1. The van der Waals surface area contributed by atoms with E-state index in [2.05, 4.69) is 5.32 Å². The number of halogens is 1. The summed E-state index contributed by atoms with van der Waals surface area (Å²) in [4.78, 5) is 28.2. The van der Waals surface area contributed by atoms with E-state index >= 15 is 0 Å². The molecule has 0 spiro atoms. The Labute approximate surface area is 130 Å². The minimum absolute atomic E-state index is 0. The van der Waals surface area contributed by atoms with Crippen LogP contribution in [0, 0.1) is 17.8 Å². The van der Waals surface area contributed by atoms with Gasteiger partial charge in [0.1, 0.15) is 0 Å². The number of piperazine rings is 1. The Hall–Kier alpha value is -1.01. The van der Waals surface area contributed by atoms with Gasteiger partial charge in [0.05, 0.1) is 12.0 Å². The van der Waals surface area contributed by atoms with Gasteiger partial charge in [-0.1, -0.05) is 0 Å². The number of amides is 3. The van der Waals surface area contributed by atoms with Crippen LogP contribution in [-0.4, -0.2) is 60.0 Å². The summed E-state index contributed by atoms with van der Waals surface area (Å²) in [6.07, 6.45) is 3.50. The second-order valence-electron chi connectivity index (χ2n) is 6.75. The smallest absolute Gasteiger partial charge is 0.317 e. The van der Waals surface area contributed by atoms with Crippen molar-refractivity contribution in [2.45, 2.75) is 31.3 Å². The minimum Gasteiger partial charge on any atom is -0.338 e. The van der Waals surface area contributed by atoms with Gasteiger partial charge in [-0.2, -0.15) is 0 Å². The molecule has 7 heteroatoms. The highest BCUT2D eigenvalue weighted by molar-refractivity contribution is 5.85. The largest absolute Gasteiger partial charge is 0.338 e. The molecule has 2 aliphatic carbocycles. The Bertz CT molecular complexity index is 458. The molecule has 2 aliphatic heterocycles. The average Bonchev–Trinajstić information content (AvgIpc) is 3.13. The van der Waals surface area contributed by atoms with Gasteiger partial charge >= 0.3 is 6.03 Å². The number of rotatable bonds is 1. The molecule has 0 aromatic heterocycles. The first-order valence-corrected chi connectivity index (χ1v) is 7.74. The van der Waals surface area contributed by atoms with E-state index in [1.54, 1.807) is 0 Å². The Morgan fingerprint density at radius 3 is 2.71 bits per heavy atom. The minimum atomic E-state index is 0. The van der Waals surface area contributed by atoms with Crippen molar-refractivity contribution in [2.24, 2.45) is 23.5 Å². The highest BCUT2D eigenvalue weighted by Crippen LogP contribution is 2.48. The van der Waals surface area contributed by atoms with E-state index in [0.717, 1.165) is 12.8 Å². The molecule has 4 rings (SSSR count). The molecule has 2 saturated carbocycles. The Morgan fingerprint density at radius 2 is 2.00 bits per heavy atom. The monoisotopic (exact) mass is 314 g/mol. The molecule has 3 N–H and O–H groups in total. The van der Waals surface area contributed by atoms with E-state index in [9.17, 15) is 9.59 Å². The number of hydrogen-bond acceptors (Lipinski definition) is 3. The Balaban J connectivity index is 0.00000132. The molecular weight excluding hydrogens is 292 g/mol. The molecule has 118 valence electrons. The zero-order valence-corrected chi connectivity index (χ0v) is 12.8. The van der Waals surface area contributed by atoms with Crippen molar-refractivity contribution in [3.63, 3.8) is 0 Å². The van der Waals surface area contributed by atoms with Gasteiger partial charge in [-0.3, -0.25) is 4.79 Å². The molecule has 5 atom stereocenters. The molecule has 0 aromatic carbocycles. The lowest BCUT2D eigenvalue weighted by Crippen LogP contribution is -2.57. The number of nitrogens with zero attached hydrogens (tertiary/aromatic N) is 2. The molecule has 2 heterocycles. The summed E-state index contributed by atoms with van der Waals surface area (Å²) in [5, 5.41) is 2.85. The van der Waals surface area contributed by atoms with Crippen molar-refractivity contribution in [1.29, 1.82) is 0 Å². The summed E-state index contributed by atoms with van der Waals surface area (Å²) in [5.74, 6) is 1.34. The molecule has 0 aromatic rings. The zero-order chi connectivity index (χ0) is 13.9. The lowest BCUT2D eigenvalue weighted by atomic mass is 9.83. The Morgan fingerprint density at radius 1 is 1.24 bits per heavy atom. The molecule has 4 aliphatic rings. The van der Waals surface area contributed by atoms with Crippen LogP contribution in [0.2, 0.25) is 0 Å². The summed E-state index contributed by atoms with van der Waals surface area (Å²) in [6, 6.07) is 0.219. The maximum absolute atomic E-state index is 12.8. The van der Waals surface area contributed by atoms with Gasteiger partial charge in [-0.05, 0) is 31.1 Å². The Kier molecular flexibility index (Phi) is 3.78. The van der Waals surface area contributed by atoms with E-state index < -0.39 is 0 Å². The lowest BCUT2D eigenvalue weighted by molar-refractivity contribution is -0.140. The molecular formula is C14H23ClN4O2. The van der Waals surface area contributed by atoms with Crippen molar-refractivity contribution in [3.05, 3.63) is 0 Å². The van der Waals surface area contributed by atoms with Crippen LogP contribution in [0.3, 0.4) is 0 Å². The van der Waals surface area contributed by atoms with Crippen molar-refractivity contribution in [1.82, 2.24) is 15.1 Å². The first kappa shape index (κ1) is 14.9. The number of fused-ring (bicyclic) bond motifs is 3. The fourth-order valence-corrected chi connectivity index (χ4v) is 4.72. The third-order valence-electron chi connectivity index (χ3n) is 5.81. The fraction of sp³-hybridized carbons (Fsp3) is 0.857. The molecule has 6 nitrogen and oxygen atoms in total. The molecule has 3 amide bonds. The molecule has 2 saturated heterocycles.